The normalized spacial score (nSPS) is 11.1. The number of rotatable bonds is 5. The van der Waals surface area contributed by atoms with Crippen molar-refractivity contribution in [2.45, 2.75) is 13.8 Å². The Morgan fingerprint density at radius 3 is 2.38 bits per heavy atom. The fraction of sp³-hybridized carbons (Fsp3) is 0.130. The Bertz CT molecular complexity index is 1100. The van der Waals surface area contributed by atoms with Crippen LogP contribution in [0.5, 0.6) is 5.75 Å². The van der Waals surface area contributed by atoms with Gasteiger partial charge in [-0.25, -0.2) is 0 Å². The number of hydrogen-bond donors (Lipinski definition) is 1. The fourth-order valence-corrected chi connectivity index (χ4v) is 3.36. The van der Waals surface area contributed by atoms with E-state index >= 15 is 0 Å². The first-order valence-electron chi connectivity index (χ1n) is 8.95. The summed E-state index contributed by atoms with van der Waals surface area (Å²) in [6.45, 7) is 3.97. The minimum atomic E-state index is -0.453. The van der Waals surface area contributed by atoms with Gasteiger partial charge in [-0.15, -0.1) is 0 Å². The molecule has 0 aliphatic heterocycles. The van der Waals surface area contributed by atoms with Gasteiger partial charge < -0.3 is 14.6 Å². The summed E-state index contributed by atoms with van der Waals surface area (Å²) in [4.78, 5) is 12.6. The predicted molar refractivity (Wildman–Crippen MR) is 118 cm³/mol. The molecule has 146 valence electrons. The zero-order valence-corrected chi connectivity index (χ0v) is 17.9. The highest BCUT2D eigenvalue weighted by Crippen LogP contribution is 2.24. The molecule has 0 radical (unpaired) electrons. The van der Waals surface area contributed by atoms with Gasteiger partial charge in [0, 0.05) is 27.2 Å². The molecule has 0 spiro atoms. The number of aromatic nitrogens is 1. The molecule has 2 aromatic carbocycles. The molecule has 1 N–H and O–H groups in total. The third-order valence-electron chi connectivity index (χ3n) is 4.57. The predicted octanol–water partition coefficient (Wildman–Crippen LogP) is 5.41. The summed E-state index contributed by atoms with van der Waals surface area (Å²) in [5.74, 6) is 0.241. The van der Waals surface area contributed by atoms with Crippen molar-refractivity contribution in [3.8, 4) is 17.5 Å². The molecule has 0 saturated heterocycles. The number of amides is 1. The van der Waals surface area contributed by atoms with Gasteiger partial charge in [0.2, 0.25) is 0 Å². The van der Waals surface area contributed by atoms with Gasteiger partial charge >= 0.3 is 0 Å². The molecule has 5 nitrogen and oxygen atoms in total. The number of halogens is 1. The number of carbonyl (C=O) groups excluding carboxylic acids is 1. The quantitative estimate of drug-likeness (QED) is 0.418. The van der Waals surface area contributed by atoms with Gasteiger partial charge in [0.25, 0.3) is 5.91 Å². The van der Waals surface area contributed by atoms with Crippen molar-refractivity contribution >= 4 is 33.6 Å². The number of anilines is 1. The Morgan fingerprint density at radius 2 is 1.79 bits per heavy atom. The lowest BCUT2D eigenvalue weighted by Gasteiger charge is -2.10. The maximum Gasteiger partial charge on any atom is 0.266 e. The lowest BCUT2D eigenvalue weighted by Crippen LogP contribution is -2.13. The van der Waals surface area contributed by atoms with Crippen LogP contribution < -0.4 is 10.1 Å². The van der Waals surface area contributed by atoms with Crippen LogP contribution in [-0.2, 0) is 4.79 Å². The van der Waals surface area contributed by atoms with E-state index in [0.29, 0.717) is 11.4 Å². The molecule has 0 bridgehead atoms. The number of hydrogen-bond acceptors (Lipinski definition) is 3. The molecule has 29 heavy (non-hydrogen) atoms. The van der Waals surface area contributed by atoms with Crippen molar-refractivity contribution in [1.29, 1.82) is 5.26 Å². The maximum absolute atomic E-state index is 12.6. The van der Waals surface area contributed by atoms with E-state index < -0.39 is 5.91 Å². The van der Waals surface area contributed by atoms with Gasteiger partial charge in [-0.3, -0.25) is 4.79 Å². The molecule has 0 saturated carbocycles. The molecule has 0 aliphatic rings. The summed E-state index contributed by atoms with van der Waals surface area (Å²) in [6, 6.07) is 18.9. The third kappa shape index (κ3) is 4.58. The standard InChI is InChI=1S/C23H20BrN3O2/c1-15-12-17(16(2)27(15)21-8-4-19(24)5-9-21)13-18(14-25)23(28)26-20-6-10-22(29-3)11-7-20/h4-13H,1-3H3,(H,26,28). The van der Waals surface area contributed by atoms with Crippen LogP contribution >= 0.6 is 15.9 Å². The minimum Gasteiger partial charge on any atom is -0.497 e. The molecule has 6 heteroatoms. The van der Waals surface area contributed by atoms with E-state index in [-0.39, 0.29) is 5.57 Å². The average molecular weight is 450 g/mol. The number of carbonyl (C=O) groups is 1. The lowest BCUT2D eigenvalue weighted by atomic mass is 10.1. The highest BCUT2D eigenvalue weighted by molar-refractivity contribution is 9.10. The first kappa shape index (κ1) is 20.4. The molecule has 1 heterocycles. The summed E-state index contributed by atoms with van der Waals surface area (Å²) < 4.78 is 8.21. The molecule has 0 atom stereocenters. The Hall–Kier alpha value is -3.30. The van der Waals surface area contributed by atoms with Crippen LogP contribution in [0.3, 0.4) is 0 Å². The topological polar surface area (TPSA) is 67.0 Å². The van der Waals surface area contributed by atoms with Crippen LogP contribution in [-0.4, -0.2) is 17.6 Å². The zero-order valence-electron chi connectivity index (χ0n) is 16.4. The number of nitrogens with one attached hydrogen (secondary N) is 1. The van der Waals surface area contributed by atoms with Crippen LogP contribution in [0.2, 0.25) is 0 Å². The van der Waals surface area contributed by atoms with Gasteiger partial charge in [0.1, 0.15) is 17.4 Å². The molecule has 0 fully saturated rings. The lowest BCUT2D eigenvalue weighted by molar-refractivity contribution is -0.112. The van der Waals surface area contributed by atoms with E-state index in [0.717, 1.165) is 27.1 Å². The highest BCUT2D eigenvalue weighted by Gasteiger charge is 2.14. The molecule has 0 unspecified atom stereocenters. The van der Waals surface area contributed by atoms with Crippen LogP contribution in [0.25, 0.3) is 11.8 Å². The number of methoxy groups -OCH3 is 1. The smallest absolute Gasteiger partial charge is 0.266 e. The van der Waals surface area contributed by atoms with E-state index in [9.17, 15) is 10.1 Å². The van der Waals surface area contributed by atoms with E-state index in [4.69, 9.17) is 4.74 Å². The van der Waals surface area contributed by atoms with Crippen LogP contribution in [0.4, 0.5) is 5.69 Å². The van der Waals surface area contributed by atoms with Crippen LogP contribution in [0.1, 0.15) is 17.0 Å². The maximum atomic E-state index is 12.6. The van der Waals surface area contributed by atoms with E-state index in [2.05, 4.69) is 25.8 Å². The van der Waals surface area contributed by atoms with Crippen molar-refractivity contribution in [2.75, 3.05) is 12.4 Å². The van der Waals surface area contributed by atoms with Crippen molar-refractivity contribution in [2.24, 2.45) is 0 Å². The summed E-state index contributed by atoms with van der Waals surface area (Å²) in [5.41, 5.74) is 4.45. The zero-order chi connectivity index (χ0) is 21.0. The second-order valence-electron chi connectivity index (χ2n) is 6.49. The molecule has 1 aromatic heterocycles. The molecular formula is C23H20BrN3O2. The number of nitrogens with zero attached hydrogens (tertiary/aromatic N) is 2. The van der Waals surface area contributed by atoms with Gasteiger partial charge in [-0.05, 0) is 80.1 Å². The van der Waals surface area contributed by atoms with Gasteiger partial charge in [-0.2, -0.15) is 5.26 Å². The van der Waals surface area contributed by atoms with Gasteiger partial charge in [-0.1, -0.05) is 15.9 Å². The number of ether oxygens (including phenoxy) is 1. The second kappa shape index (κ2) is 8.80. The average Bonchev–Trinajstić information content (AvgIpc) is 3.00. The van der Waals surface area contributed by atoms with E-state index in [1.54, 1.807) is 37.5 Å². The van der Waals surface area contributed by atoms with Crippen molar-refractivity contribution in [3.63, 3.8) is 0 Å². The number of nitriles is 1. The van der Waals surface area contributed by atoms with E-state index in [1.165, 1.54) is 0 Å². The molecule has 3 aromatic rings. The van der Waals surface area contributed by atoms with Gasteiger partial charge in [0.15, 0.2) is 0 Å². The Morgan fingerprint density at radius 1 is 1.14 bits per heavy atom. The summed E-state index contributed by atoms with van der Waals surface area (Å²) in [6.07, 6.45) is 1.62. The Labute approximate surface area is 178 Å². The van der Waals surface area contributed by atoms with Gasteiger partial charge in [0.05, 0.1) is 7.11 Å². The summed E-state index contributed by atoms with van der Waals surface area (Å²) >= 11 is 3.45. The summed E-state index contributed by atoms with van der Waals surface area (Å²) in [5, 5.41) is 12.3. The molecule has 1 amide bonds. The summed E-state index contributed by atoms with van der Waals surface area (Å²) in [7, 11) is 1.58. The second-order valence-corrected chi connectivity index (χ2v) is 7.41. The first-order valence-corrected chi connectivity index (χ1v) is 9.74. The van der Waals surface area contributed by atoms with Crippen molar-refractivity contribution in [1.82, 2.24) is 4.57 Å². The highest BCUT2D eigenvalue weighted by atomic mass is 79.9. The van der Waals surface area contributed by atoms with Crippen LogP contribution in [0, 0.1) is 25.2 Å². The molecular weight excluding hydrogens is 430 g/mol. The van der Waals surface area contributed by atoms with Crippen molar-refractivity contribution in [3.05, 3.63) is 81.6 Å². The number of aryl methyl sites for hydroxylation is 1. The number of benzene rings is 2. The minimum absolute atomic E-state index is 0.0388. The third-order valence-corrected chi connectivity index (χ3v) is 5.10. The molecule has 0 aliphatic carbocycles. The first-order chi connectivity index (χ1) is 13.9. The van der Waals surface area contributed by atoms with Crippen molar-refractivity contribution < 1.29 is 9.53 Å². The SMILES string of the molecule is COc1ccc(NC(=O)C(C#N)=Cc2cc(C)n(-c3ccc(Br)cc3)c2C)cc1. The fourth-order valence-electron chi connectivity index (χ4n) is 3.10. The molecule has 3 rings (SSSR count). The Kier molecular flexibility index (Phi) is 6.20. The van der Waals surface area contributed by atoms with E-state index in [1.807, 2.05) is 50.2 Å². The largest absolute Gasteiger partial charge is 0.497 e. The Balaban J connectivity index is 1.88. The monoisotopic (exact) mass is 449 g/mol. The van der Waals surface area contributed by atoms with Crippen LogP contribution in [0.15, 0.2) is 64.6 Å².